The molecule has 7 heteroatoms. The predicted molar refractivity (Wildman–Crippen MR) is 97.4 cm³/mol. The van der Waals surface area contributed by atoms with Crippen molar-refractivity contribution in [2.75, 3.05) is 11.9 Å². The van der Waals surface area contributed by atoms with Crippen molar-refractivity contribution in [2.24, 2.45) is 0 Å². The number of rotatable bonds is 6. The van der Waals surface area contributed by atoms with Crippen molar-refractivity contribution in [2.45, 2.75) is 13.3 Å². The lowest BCUT2D eigenvalue weighted by Gasteiger charge is -2.05. The lowest BCUT2D eigenvalue weighted by atomic mass is 10.2. The molecule has 26 heavy (non-hydrogen) atoms. The van der Waals surface area contributed by atoms with Gasteiger partial charge in [-0.3, -0.25) is 4.79 Å². The molecule has 0 atom stereocenters. The van der Waals surface area contributed by atoms with E-state index in [2.05, 4.69) is 10.3 Å². The second-order valence-electron chi connectivity index (χ2n) is 5.45. The Morgan fingerprint density at radius 3 is 2.69 bits per heavy atom. The number of benzene rings is 2. The average molecular weight is 374 g/mol. The maximum absolute atomic E-state index is 13.6. The largest absolute Gasteiger partial charge is 0.494 e. The number of anilines is 1. The Balaban J connectivity index is 1.66. The van der Waals surface area contributed by atoms with E-state index in [4.69, 9.17) is 4.74 Å². The summed E-state index contributed by atoms with van der Waals surface area (Å²) in [6.45, 7) is 2.52. The summed E-state index contributed by atoms with van der Waals surface area (Å²) in [6, 6.07) is 10.4. The third-order valence-corrected chi connectivity index (χ3v) is 4.45. The summed E-state index contributed by atoms with van der Waals surface area (Å²) >= 11 is 1.41. The third kappa shape index (κ3) is 4.43. The first-order valence-corrected chi connectivity index (χ1v) is 8.85. The fraction of sp³-hybridized carbons (Fsp3) is 0.158. The number of ether oxygens (including phenoxy) is 1. The molecule has 0 aliphatic heterocycles. The number of thiazole rings is 1. The molecule has 1 amide bonds. The van der Waals surface area contributed by atoms with Crippen LogP contribution in [0, 0.1) is 11.6 Å². The van der Waals surface area contributed by atoms with Crippen LogP contribution in [0.2, 0.25) is 0 Å². The zero-order valence-corrected chi connectivity index (χ0v) is 14.8. The van der Waals surface area contributed by atoms with Crippen LogP contribution in [0.4, 0.5) is 14.5 Å². The second-order valence-corrected chi connectivity index (χ2v) is 6.31. The van der Waals surface area contributed by atoms with Crippen LogP contribution in [0.5, 0.6) is 5.75 Å². The Morgan fingerprint density at radius 1 is 1.19 bits per heavy atom. The molecule has 0 bridgehead atoms. The van der Waals surface area contributed by atoms with Gasteiger partial charge in [0.2, 0.25) is 5.91 Å². The van der Waals surface area contributed by atoms with Crippen molar-refractivity contribution >= 4 is 22.9 Å². The van der Waals surface area contributed by atoms with Crippen molar-refractivity contribution in [3.8, 4) is 16.3 Å². The molecule has 1 heterocycles. The maximum Gasteiger partial charge on any atom is 0.230 e. The van der Waals surface area contributed by atoms with E-state index in [-0.39, 0.29) is 12.1 Å². The summed E-state index contributed by atoms with van der Waals surface area (Å²) < 4.78 is 32.1. The highest BCUT2D eigenvalue weighted by atomic mass is 32.1. The molecule has 134 valence electrons. The minimum absolute atomic E-state index is 0.0243. The Kier molecular flexibility index (Phi) is 5.58. The van der Waals surface area contributed by atoms with Crippen molar-refractivity contribution in [1.82, 2.24) is 4.98 Å². The summed E-state index contributed by atoms with van der Waals surface area (Å²) in [7, 11) is 0. The summed E-state index contributed by atoms with van der Waals surface area (Å²) in [6.07, 6.45) is -0.0243. The number of aromatic nitrogens is 1. The van der Waals surface area contributed by atoms with Crippen LogP contribution in [0.15, 0.2) is 47.8 Å². The van der Waals surface area contributed by atoms with Crippen molar-refractivity contribution in [3.63, 3.8) is 0 Å². The molecule has 0 unspecified atom stereocenters. The molecular weight excluding hydrogens is 358 g/mol. The zero-order valence-electron chi connectivity index (χ0n) is 14.0. The minimum Gasteiger partial charge on any atom is -0.494 e. The molecule has 0 saturated heterocycles. The van der Waals surface area contributed by atoms with Crippen molar-refractivity contribution in [3.05, 3.63) is 65.2 Å². The minimum atomic E-state index is -0.687. The molecule has 0 radical (unpaired) electrons. The predicted octanol–water partition coefficient (Wildman–Crippen LogP) is 4.67. The van der Waals surface area contributed by atoms with Crippen LogP contribution in [0.3, 0.4) is 0 Å². The normalized spacial score (nSPS) is 10.6. The van der Waals surface area contributed by atoms with Gasteiger partial charge < -0.3 is 10.1 Å². The fourth-order valence-corrected chi connectivity index (χ4v) is 3.16. The first-order valence-electron chi connectivity index (χ1n) is 7.97. The van der Waals surface area contributed by atoms with Crippen LogP contribution in [-0.2, 0) is 11.2 Å². The van der Waals surface area contributed by atoms with Gasteiger partial charge in [-0.2, -0.15) is 0 Å². The number of carbonyl (C=O) groups excluding carboxylic acids is 1. The van der Waals surface area contributed by atoms with Crippen molar-refractivity contribution in [1.29, 1.82) is 0 Å². The number of hydrogen-bond donors (Lipinski definition) is 1. The van der Waals surface area contributed by atoms with E-state index in [0.29, 0.717) is 12.3 Å². The van der Waals surface area contributed by atoms with Crippen LogP contribution in [0.25, 0.3) is 10.6 Å². The molecule has 1 aromatic heterocycles. The number of hydrogen-bond acceptors (Lipinski definition) is 4. The van der Waals surface area contributed by atoms with E-state index in [1.807, 2.05) is 31.2 Å². The van der Waals surface area contributed by atoms with Gasteiger partial charge in [0.1, 0.15) is 22.4 Å². The molecule has 0 aliphatic carbocycles. The summed E-state index contributed by atoms with van der Waals surface area (Å²) in [5.41, 5.74) is 1.30. The molecule has 2 aromatic carbocycles. The van der Waals surface area contributed by atoms with Gasteiger partial charge in [0.05, 0.1) is 24.4 Å². The first-order chi connectivity index (χ1) is 12.5. The molecule has 0 aliphatic rings. The smallest absolute Gasteiger partial charge is 0.230 e. The van der Waals surface area contributed by atoms with Gasteiger partial charge in [-0.05, 0) is 43.3 Å². The van der Waals surface area contributed by atoms with E-state index < -0.39 is 17.5 Å². The van der Waals surface area contributed by atoms with E-state index in [9.17, 15) is 13.6 Å². The second kappa shape index (κ2) is 8.05. The molecule has 1 N–H and O–H groups in total. The van der Waals surface area contributed by atoms with Crippen LogP contribution in [-0.4, -0.2) is 17.5 Å². The highest BCUT2D eigenvalue weighted by molar-refractivity contribution is 7.13. The first kappa shape index (κ1) is 18.0. The number of halogens is 2. The summed E-state index contributed by atoms with van der Waals surface area (Å²) in [5, 5.41) is 4.91. The van der Waals surface area contributed by atoms with E-state index in [1.54, 1.807) is 5.38 Å². The number of nitrogens with zero attached hydrogens (tertiary/aromatic N) is 1. The van der Waals surface area contributed by atoms with E-state index in [1.165, 1.54) is 11.3 Å². The van der Waals surface area contributed by atoms with Crippen LogP contribution < -0.4 is 10.1 Å². The van der Waals surface area contributed by atoms with Gasteiger partial charge >= 0.3 is 0 Å². The van der Waals surface area contributed by atoms with Crippen LogP contribution in [0.1, 0.15) is 12.6 Å². The number of nitrogens with one attached hydrogen (secondary N) is 1. The highest BCUT2D eigenvalue weighted by Gasteiger charge is 2.12. The molecular formula is C19H16F2N2O2S. The van der Waals surface area contributed by atoms with Gasteiger partial charge in [-0.15, -0.1) is 11.3 Å². The van der Waals surface area contributed by atoms with Crippen molar-refractivity contribution < 1.29 is 18.3 Å². The average Bonchev–Trinajstić information content (AvgIpc) is 3.07. The number of carbonyl (C=O) groups is 1. The third-order valence-electron chi connectivity index (χ3n) is 3.51. The standard InChI is InChI=1S/C19H16F2N2O2S/c1-2-25-15-6-3-12(4-7-15)19-22-14(11-26-19)10-18(24)23-17-9-13(20)5-8-16(17)21/h3-9,11H,2,10H2,1H3,(H,23,24). The Morgan fingerprint density at radius 2 is 1.96 bits per heavy atom. The Labute approximate surface area is 153 Å². The van der Waals surface area contributed by atoms with Gasteiger partial charge in [0.25, 0.3) is 0 Å². The molecule has 3 rings (SSSR count). The van der Waals surface area contributed by atoms with Gasteiger partial charge in [-0.25, -0.2) is 13.8 Å². The number of amides is 1. The SMILES string of the molecule is CCOc1ccc(-c2nc(CC(=O)Nc3cc(F)ccc3F)cs2)cc1. The Bertz CT molecular complexity index is 910. The Hall–Kier alpha value is -2.80. The fourth-order valence-electron chi connectivity index (χ4n) is 2.33. The van der Waals surface area contributed by atoms with E-state index >= 15 is 0 Å². The van der Waals surface area contributed by atoms with Gasteiger partial charge in [0.15, 0.2) is 0 Å². The molecule has 4 nitrogen and oxygen atoms in total. The molecule has 0 saturated carbocycles. The maximum atomic E-state index is 13.6. The topological polar surface area (TPSA) is 51.2 Å². The zero-order chi connectivity index (χ0) is 18.5. The molecule has 0 fully saturated rings. The van der Waals surface area contributed by atoms with E-state index in [0.717, 1.165) is 34.5 Å². The quantitative estimate of drug-likeness (QED) is 0.682. The summed E-state index contributed by atoms with van der Waals surface area (Å²) in [4.78, 5) is 16.5. The lowest BCUT2D eigenvalue weighted by Crippen LogP contribution is -2.15. The lowest BCUT2D eigenvalue weighted by molar-refractivity contribution is -0.115. The molecule has 0 spiro atoms. The summed E-state index contributed by atoms with van der Waals surface area (Å²) in [5.74, 6) is -0.983. The van der Waals surface area contributed by atoms with Gasteiger partial charge in [-0.1, -0.05) is 0 Å². The monoisotopic (exact) mass is 374 g/mol. The highest BCUT2D eigenvalue weighted by Crippen LogP contribution is 2.26. The van der Waals surface area contributed by atoms with Gasteiger partial charge in [0, 0.05) is 17.0 Å². The molecule has 3 aromatic rings. The van der Waals surface area contributed by atoms with Crippen LogP contribution >= 0.6 is 11.3 Å².